The molecule has 0 amide bonds. The highest BCUT2D eigenvalue weighted by atomic mass is 32.2. The van der Waals surface area contributed by atoms with Crippen molar-refractivity contribution in [3.8, 4) is 28.2 Å². The summed E-state index contributed by atoms with van der Waals surface area (Å²) < 4.78 is 42.9. The fraction of sp³-hybridized carbons (Fsp3) is 0.129. The van der Waals surface area contributed by atoms with Crippen LogP contribution in [0.15, 0.2) is 125 Å². The Hall–Kier alpha value is -3.72. The molecule has 0 spiro atoms. The predicted octanol–water partition coefficient (Wildman–Crippen LogP) is 7.20. The van der Waals surface area contributed by atoms with Gasteiger partial charge in [-0.1, -0.05) is 90.6 Å². The number of para-hydroxylation sites is 1. The van der Waals surface area contributed by atoms with E-state index < -0.39 is 15.8 Å². The SMILES string of the molecule is O=S(=O)(NCCCCSc1nc(-c2ccccc2)c(-c2ccccc2)n1-c1ccccc1)c1ccc(F)cc1. The first-order valence-corrected chi connectivity index (χ1v) is 15.2. The van der Waals surface area contributed by atoms with E-state index in [1.54, 1.807) is 11.8 Å². The summed E-state index contributed by atoms with van der Waals surface area (Å²) in [4.78, 5) is 5.18. The molecule has 1 N–H and O–H groups in total. The van der Waals surface area contributed by atoms with Crippen LogP contribution in [-0.2, 0) is 10.0 Å². The van der Waals surface area contributed by atoms with Gasteiger partial charge in [0.15, 0.2) is 5.16 Å². The summed E-state index contributed by atoms with van der Waals surface area (Å²) in [5, 5.41) is 0.880. The van der Waals surface area contributed by atoms with Crippen LogP contribution in [0.1, 0.15) is 12.8 Å². The van der Waals surface area contributed by atoms with E-state index in [4.69, 9.17) is 4.98 Å². The Morgan fingerprint density at radius 2 is 1.33 bits per heavy atom. The van der Waals surface area contributed by atoms with Crippen LogP contribution in [-0.4, -0.2) is 30.3 Å². The van der Waals surface area contributed by atoms with Crippen LogP contribution in [0.4, 0.5) is 4.39 Å². The number of sulfonamides is 1. The van der Waals surface area contributed by atoms with Gasteiger partial charge in [-0.15, -0.1) is 0 Å². The average Bonchev–Trinajstić information content (AvgIpc) is 3.36. The maximum Gasteiger partial charge on any atom is 0.240 e. The number of hydrogen-bond donors (Lipinski definition) is 1. The predicted molar refractivity (Wildman–Crippen MR) is 156 cm³/mol. The molecule has 0 saturated heterocycles. The summed E-state index contributed by atoms with van der Waals surface area (Å²) in [6.45, 7) is 0.303. The van der Waals surface area contributed by atoms with E-state index in [2.05, 4.69) is 45.7 Å². The Kier molecular flexibility index (Phi) is 8.56. The second-order valence-corrected chi connectivity index (χ2v) is 11.7. The molecular formula is C31H28FN3O2S2. The Labute approximate surface area is 232 Å². The molecule has 0 radical (unpaired) electrons. The molecule has 8 heteroatoms. The highest BCUT2D eigenvalue weighted by Crippen LogP contribution is 2.38. The van der Waals surface area contributed by atoms with Gasteiger partial charge in [0.1, 0.15) is 5.82 Å². The van der Waals surface area contributed by atoms with E-state index in [1.807, 2.05) is 54.6 Å². The van der Waals surface area contributed by atoms with Gasteiger partial charge in [-0.2, -0.15) is 0 Å². The Morgan fingerprint density at radius 1 is 0.744 bits per heavy atom. The lowest BCUT2D eigenvalue weighted by molar-refractivity contribution is 0.577. The molecule has 5 rings (SSSR count). The number of thioether (sulfide) groups is 1. The van der Waals surface area contributed by atoms with Crippen molar-refractivity contribution in [1.82, 2.24) is 14.3 Å². The largest absolute Gasteiger partial charge is 0.287 e. The number of halogens is 1. The number of aromatic nitrogens is 2. The molecule has 0 saturated carbocycles. The van der Waals surface area contributed by atoms with Crippen molar-refractivity contribution in [2.75, 3.05) is 12.3 Å². The molecule has 5 nitrogen and oxygen atoms in total. The van der Waals surface area contributed by atoms with Crippen LogP contribution in [0.2, 0.25) is 0 Å². The molecule has 0 aliphatic heterocycles. The highest BCUT2D eigenvalue weighted by molar-refractivity contribution is 7.99. The van der Waals surface area contributed by atoms with Crippen LogP contribution in [0, 0.1) is 5.82 Å². The fourth-order valence-corrected chi connectivity index (χ4v) is 6.35. The van der Waals surface area contributed by atoms with Crippen LogP contribution in [0.3, 0.4) is 0 Å². The van der Waals surface area contributed by atoms with Crippen molar-refractivity contribution < 1.29 is 12.8 Å². The van der Waals surface area contributed by atoms with Crippen molar-refractivity contribution in [3.63, 3.8) is 0 Å². The normalized spacial score (nSPS) is 11.5. The van der Waals surface area contributed by atoms with Gasteiger partial charge in [0, 0.05) is 29.1 Å². The van der Waals surface area contributed by atoms with Crippen molar-refractivity contribution in [3.05, 3.63) is 121 Å². The number of benzene rings is 4. The minimum atomic E-state index is -3.66. The van der Waals surface area contributed by atoms with E-state index in [1.165, 1.54) is 12.1 Å². The Morgan fingerprint density at radius 3 is 1.97 bits per heavy atom. The Balaban J connectivity index is 1.35. The lowest BCUT2D eigenvalue weighted by Gasteiger charge is -2.13. The molecule has 198 valence electrons. The monoisotopic (exact) mass is 557 g/mol. The van der Waals surface area contributed by atoms with Crippen LogP contribution < -0.4 is 4.72 Å². The lowest BCUT2D eigenvalue weighted by atomic mass is 10.0. The van der Waals surface area contributed by atoms with Gasteiger partial charge in [0.2, 0.25) is 10.0 Å². The summed E-state index contributed by atoms with van der Waals surface area (Å²) in [7, 11) is -3.66. The smallest absolute Gasteiger partial charge is 0.240 e. The molecule has 5 aromatic rings. The first kappa shape index (κ1) is 26.9. The van der Waals surface area contributed by atoms with Crippen molar-refractivity contribution >= 4 is 21.8 Å². The van der Waals surface area contributed by atoms with Crippen LogP contribution >= 0.6 is 11.8 Å². The molecule has 1 heterocycles. The van der Waals surface area contributed by atoms with E-state index in [0.29, 0.717) is 13.0 Å². The molecule has 39 heavy (non-hydrogen) atoms. The van der Waals surface area contributed by atoms with Gasteiger partial charge >= 0.3 is 0 Å². The number of nitrogens with zero attached hydrogens (tertiary/aromatic N) is 2. The van der Waals surface area contributed by atoms with Crippen molar-refractivity contribution in [1.29, 1.82) is 0 Å². The highest BCUT2D eigenvalue weighted by Gasteiger charge is 2.21. The second-order valence-electron chi connectivity index (χ2n) is 8.90. The van der Waals surface area contributed by atoms with Gasteiger partial charge in [0.05, 0.1) is 16.3 Å². The standard InChI is InChI=1S/C31H28FN3O2S2/c32-26-18-20-28(21-19-26)39(36,37)33-22-10-11-23-38-31-34-29(24-12-4-1-5-13-24)30(25-14-6-2-7-15-25)35(31)27-16-8-3-9-17-27/h1-9,12-21,33H,10-11,22-23H2. The summed E-state index contributed by atoms with van der Waals surface area (Å²) in [5.74, 6) is 0.301. The summed E-state index contributed by atoms with van der Waals surface area (Å²) in [6, 6.07) is 35.5. The van der Waals surface area contributed by atoms with Crippen LogP contribution in [0.25, 0.3) is 28.2 Å². The van der Waals surface area contributed by atoms with E-state index in [9.17, 15) is 12.8 Å². The zero-order valence-electron chi connectivity index (χ0n) is 21.2. The van der Waals surface area contributed by atoms with Gasteiger partial charge < -0.3 is 0 Å². The zero-order chi connectivity index (χ0) is 27.1. The van der Waals surface area contributed by atoms with Gasteiger partial charge in [0.25, 0.3) is 0 Å². The van der Waals surface area contributed by atoms with Crippen LogP contribution in [0.5, 0.6) is 0 Å². The quantitative estimate of drug-likeness (QED) is 0.138. The molecule has 0 aliphatic carbocycles. The maximum atomic E-state index is 13.1. The lowest BCUT2D eigenvalue weighted by Crippen LogP contribution is -2.24. The molecular weight excluding hydrogens is 529 g/mol. The van der Waals surface area contributed by atoms with E-state index in [0.717, 1.165) is 57.7 Å². The van der Waals surface area contributed by atoms with Crippen molar-refractivity contribution in [2.45, 2.75) is 22.9 Å². The third-order valence-corrected chi connectivity index (χ3v) is 8.68. The van der Waals surface area contributed by atoms with E-state index in [-0.39, 0.29) is 4.90 Å². The van der Waals surface area contributed by atoms with Gasteiger partial charge in [-0.3, -0.25) is 4.57 Å². The first-order chi connectivity index (χ1) is 19.0. The number of unbranched alkanes of at least 4 members (excludes halogenated alkanes) is 1. The number of nitrogens with one attached hydrogen (secondary N) is 1. The molecule has 1 aromatic heterocycles. The topological polar surface area (TPSA) is 64.0 Å². The van der Waals surface area contributed by atoms with E-state index >= 15 is 0 Å². The summed E-state index contributed by atoms with van der Waals surface area (Å²) in [5.41, 5.74) is 5.10. The molecule has 0 aliphatic rings. The van der Waals surface area contributed by atoms with Gasteiger partial charge in [-0.05, 0) is 49.2 Å². The maximum absolute atomic E-state index is 13.1. The molecule has 0 atom stereocenters. The minimum Gasteiger partial charge on any atom is -0.287 e. The minimum absolute atomic E-state index is 0.0602. The fourth-order valence-electron chi connectivity index (χ4n) is 4.27. The number of hydrogen-bond acceptors (Lipinski definition) is 4. The molecule has 0 bridgehead atoms. The second kappa shape index (κ2) is 12.4. The Bertz CT molecular complexity index is 1610. The van der Waals surface area contributed by atoms with Gasteiger partial charge in [-0.25, -0.2) is 22.5 Å². The molecule has 4 aromatic carbocycles. The molecule has 0 fully saturated rings. The number of imidazole rings is 1. The zero-order valence-corrected chi connectivity index (χ0v) is 22.8. The third-order valence-electron chi connectivity index (χ3n) is 6.17. The average molecular weight is 558 g/mol. The third kappa shape index (κ3) is 6.47. The molecule has 0 unspecified atom stereocenters. The summed E-state index contributed by atoms with van der Waals surface area (Å²) >= 11 is 1.66. The van der Waals surface area contributed by atoms with Crippen molar-refractivity contribution in [2.24, 2.45) is 0 Å². The summed E-state index contributed by atoms with van der Waals surface area (Å²) in [6.07, 6.45) is 1.45. The first-order valence-electron chi connectivity index (χ1n) is 12.7. The number of rotatable bonds is 11.